The van der Waals surface area contributed by atoms with Crippen LogP contribution in [0.5, 0.6) is 5.88 Å². The van der Waals surface area contributed by atoms with Crippen molar-refractivity contribution < 1.29 is 9.84 Å². The van der Waals surface area contributed by atoms with E-state index in [4.69, 9.17) is 9.84 Å². The summed E-state index contributed by atoms with van der Waals surface area (Å²) in [6.07, 6.45) is 0.858. The van der Waals surface area contributed by atoms with Gasteiger partial charge in [-0.25, -0.2) is 0 Å². The highest BCUT2D eigenvalue weighted by molar-refractivity contribution is 5.38. The fraction of sp³-hybridized carbons (Fsp3) is 0.545. The van der Waals surface area contributed by atoms with Gasteiger partial charge in [-0.05, 0) is 19.4 Å². The van der Waals surface area contributed by atoms with Gasteiger partial charge < -0.3 is 15.2 Å². The number of hydrogen-bond donors (Lipinski definition) is 2. The van der Waals surface area contributed by atoms with Crippen molar-refractivity contribution in [2.75, 3.05) is 18.5 Å². The maximum absolute atomic E-state index is 9.04. The summed E-state index contributed by atoms with van der Waals surface area (Å²) in [4.78, 5) is 4.25. The van der Waals surface area contributed by atoms with Crippen molar-refractivity contribution in [2.45, 2.75) is 26.3 Å². The SMILES string of the molecule is CCOc1cccc(NC(CC)CO)n1. The van der Waals surface area contributed by atoms with Crippen LogP contribution in [0.1, 0.15) is 20.3 Å². The Balaban J connectivity index is 2.64. The van der Waals surface area contributed by atoms with Crippen molar-refractivity contribution in [3.63, 3.8) is 0 Å². The van der Waals surface area contributed by atoms with Crippen LogP contribution in [0.25, 0.3) is 0 Å². The summed E-state index contributed by atoms with van der Waals surface area (Å²) in [7, 11) is 0. The Morgan fingerprint density at radius 3 is 2.87 bits per heavy atom. The lowest BCUT2D eigenvalue weighted by atomic mass is 10.2. The van der Waals surface area contributed by atoms with Gasteiger partial charge in [0.1, 0.15) is 5.82 Å². The molecule has 1 heterocycles. The Bertz CT molecular complexity index is 288. The van der Waals surface area contributed by atoms with E-state index >= 15 is 0 Å². The molecule has 84 valence electrons. The largest absolute Gasteiger partial charge is 0.478 e. The van der Waals surface area contributed by atoms with E-state index in [1.807, 2.05) is 32.0 Å². The molecule has 1 aromatic heterocycles. The maximum atomic E-state index is 9.04. The van der Waals surface area contributed by atoms with Crippen molar-refractivity contribution >= 4 is 5.82 Å². The van der Waals surface area contributed by atoms with Gasteiger partial charge in [-0.15, -0.1) is 0 Å². The summed E-state index contributed by atoms with van der Waals surface area (Å²) in [5.41, 5.74) is 0. The molecule has 4 nitrogen and oxygen atoms in total. The van der Waals surface area contributed by atoms with E-state index in [0.717, 1.165) is 12.2 Å². The zero-order valence-corrected chi connectivity index (χ0v) is 9.23. The summed E-state index contributed by atoms with van der Waals surface area (Å²) >= 11 is 0. The zero-order chi connectivity index (χ0) is 11.1. The summed E-state index contributed by atoms with van der Waals surface area (Å²) in [5.74, 6) is 1.34. The van der Waals surface area contributed by atoms with Gasteiger partial charge in [0.15, 0.2) is 0 Å². The highest BCUT2D eigenvalue weighted by atomic mass is 16.5. The van der Waals surface area contributed by atoms with Crippen LogP contribution in [-0.2, 0) is 0 Å². The molecule has 0 aliphatic rings. The number of ether oxygens (including phenoxy) is 1. The number of aliphatic hydroxyl groups excluding tert-OH is 1. The molecule has 0 radical (unpaired) electrons. The van der Waals surface area contributed by atoms with Gasteiger partial charge in [-0.2, -0.15) is 4.98 Å². The molecule has 1 unspecified atom stereocenters. The number of aliphatic hydroxyl groups is 1. The Kier molecular flexibility index (Phi) is 4.90. The second-order valence-electron chi connectivity index (χ2n) is 3.23. The third kappa shape index (κ3) is 3.75. The molecule has 15 heavy (non-hydrogen) atoms. The third-order valence-electron chi connectivity index (χ3n) is 2.08. The van der Waals surface area contributed by atoms with Crippen molar-refractivity contribution in [3.8, 4) is 5.88 Å². The first-order valence-electron chi connectivity index (χ1n) is 5.27. The van der Waals surface area contributed by atoms with Crippen molar-refractivity contribution in [1.82, 2.24) is 4.98 Å². The van der Waals surface area contributed by atoms with E-state index in [9.17, 15) is 0 Å². The minimum absolute atomic E-state index is 0.0503. The molecule has 0 fully saturated rings. The number of nitrogens with zero attached hydrogens (tertiary/aromatic N) is 1. The number of pyridine rings is 1. The van der Waals surface area contributed by atoms with Crippen molar-refractivity contribution in [3.05, 3.63) is 18.2 Å². The maximum Gasteiger partial charge on any atom is 0.215 e. The van der Waals surface area contributed by atoms with Crippen molar-refractivity contribution in [2.24, 2.45) is 0 Å². The van der Waals surface area contributed by atoms with Crippen LogP contribution < -0.4 is 10.1 Å². The topological polar surface area (TPSA) is 54.4 Å². The Hall–Kier alpha value is -1.29. The predicted octanol–water partition coefficient (Wildman–Crippen LogP) is 1.66. The fourth-order valence-electron chi connectivity index (χ4n) is 1.21. The van der Waals surface area contributed by atoms with Gasteiger partial charge in [-0.1, -0.05) is 13.0 Å². The molecule has 1 aromatic rings. The lowest BCUT2D eigenvalue weighted by Gasteiger charge is -2.14. The average molecular weight is 210 g/mol. The molecule has 0 amide bonds. The Morgan fingerprint density at radius 1 is 1.47 bits per heavy atom. The third-order valence-corrected chi connectivity index (χ3v) is 2.08. The average Bonchev–Trinajstić information content (AvgIpc) is 2.27. The summed E-state index contributed by atoms with van der Waals surface area (Å²) in [6.45, 7) is 4.65. The highest BCUT2D eigenvalue weighted by Crippen LogP contribution is 2.12. The van der Waals surface area contributed by atoms with E-state index in [1.165, 1.54) is 0 Å². The standard InChI is InChI=1S/C11H18N2O2/c1-3-9(8-14)12-10-6-5-7-11(13-10)15-4-2/h5-7,9,14H,3-4,8H2,1-2H3,(H,12,13). The van der Waals surface area contributed by atoms with E-state index in [0.29, 0.717) is 12.5 Å². The summed E-state index contributed by atoms with van der Waals surface area (Å²) < 4.78 is 5.28. The first-order valence-corrected chi connectivity index (χ1v) is 5.27. The van der Waals surface area contributed by atoms with Crippen molar-refractivity contribution in [1.29, 1.82) is 0 Å². The molecule has 0 aliphatic heterocycles. The molecule has 1 atom stereocenters. The molecule has 0 saturated heterocycles. The second-order valence-corrected chi connectivity index (χ2v) is 3.23. The monoisotopic (exact) mass is 210 g/mol. The molecule has 4 heteroatoms. The van der Waals surface area contributed by atoms with Crippen LogP contribution >= 0.6 is 0 Å². The number of nitrogens with one attached hydrogen (secondary N) is 1. The lowest BCUT2D eigenvalue weighted by Crippen LogP contribution is -2.23. The number of hydrogen-bond acceptors (Lipinski definition) is 4. The lowest BCUT2D eigenvalue weighted by molar-refractivity contribution is 0.271. The van der Waals surface area contributed by atoms with E-state index in [1.54, 1.807) is 0 Å². The predicted molar refractivity (Wildman–Crippen MR) is 60.2 cm³/mol. The number of aromatic nitrogens is 1. The molecular formula is C11H18N2O2. The fourth-order valence-corrected chi connectivity index (χ4v) is 1.21. The van der Waals surface area contributed by atoms with Crippen LogP contribution in [0.15, 0.2) is 18.2 Å². The van der Waals surface area contributed by atoms with Crippen LogP contribution in [0.2, 0.25) is 0 Å². The first-order chi connectivity index (χ1) is 7.30. The van der Waals surface area contributed by atoms with Gasteiger partial charge in [0, 0.05) is 6.07 Å². The van der Waals surface area contributed by atoms with Gasteiger partial charge in [-0.3, -0.25) is 0 Å². The molecule has 1 rings (SSSR count). The van der Waals surface area contributed by atoms with Crippen LogP contribution in [-0.4, -0.2) is 29.3 Å². The number of anilines is 1. The quantitative estimate of drug-likeness (QED) is 0.749. The Morgan fingerprint density at radius 2 is 2.27 bits per heavy atom. The van der Waals surface area contributed by atoms with Gasteiger partial charge in [0.2, 0.25) is 5.88 Å². The van der Waals surface area contributed by atoms with Gasteiger partial charge >= 0.3 is 0 Å². The van der Waals surface area contributed by atoms with Gasteiger partial charge in [0.25, 0.3) is 0 Å². The van der Waals surface area contributed by atoms with Crippen LogP contribution in [0, 0.1) is 0 Å². The van der Waals surface area contributed by atoms with E-state index in [-0.39, 0.29) is 12.6 Å². The summed E-state index contributed by atoms with van der Waals surface area (Å²) in [6, 6.07) is 5.61. The zero-order valence-electron chi connectivity index (χ0n) is 9.23. The highest BCUT2D eigenvalue weighted by Gasteiger charge is 2.05. The normalized spacial score (nSPS) is 12.2. The van der Waals surface area contributed by atoms with Crippen LogP contribution in [0.3, 0.4) is 0 Å². The molecule has 0 spiro atoms. The molecule has 0 saturated carbocycles. The molecule has 0 aliphatic carbocycles. The minimum atomic E-state index is 0.0503. The molecule has 0 aromatic carbocycles. The van der Waals surface area contributed by atoms with E-state index < -0.39 is 0 Å². The van der Waals surface area contributed by atoms with Crippen LogP contribution in [0.4, 0.5) is 5.82 Å². The molecule has 0 bridgehead atoms. The van der Waals surface area contributed by atoms with Gasteiger partial charge in [0.05, 0.1) is 19.3 Å². The van der Waals surface area contributed by atoms with E-state index in [2.05, 4.69) is 10.3 Å². The molecule has 2 N–H and O–H groups in total. The second kappa shape index (κ2) is 6.24. The summed E-state index contributed by atoms with van der Waals surface area (Å²) in [5, 5.41) is 12.2. The first kappa shape index (κ1) is 11.8. The molecular weight excluding hydrogens is 192 g/mol. The minimum Gasteiger partial charge on any atom is -0.478 e. The smallest absolute Gasteiger partial charge is 0.215 e. The number of rotatable bonds is 6. The Labute approximate surface area is 90.3 Å².